The molecule has 1 aliphatic heterocycles. The minimum atomic E-state index is -0.605. The number of unbranched alkanes of at least 4 members (excludes halogenated alkanes) is 1. The standard InChI is InChI=1S/C16H21N3O4S2/c1-4-5-10-17-14(16(2,3)25-15(17)24)18(20)11-6-7-12-8-9-13(23-12)19(21)22/h6-9,11,14H,4-5,10H2,1-3H3/b7-6+,18-11-/t14-/m0/s1. The van der Waals surface area contributed by atoms with Gasteiger partial charge in [-0.2, -0.15) is 4.74 Å². The third kappa shape index (κ3) is 4.60. The lowest BCUT2D eigenvalue weighted by Gasteiger charge is -2.29. The molecule has 0 unspecified atom stereocenters. The molecule has 0 spiro atoms. The third-order valence-corrected chi connectivity index (χ3v) is 5.41. The molecule has 0 radical (unpaired) electrons. The Morgan fingerprint density at radius 3 is 2.76 bits per heavy atom. The van der Waals surface area contributed by atoms with E-state index in [0.29, 0.717) is 5.76 Å². The number of thioether (sulfide) groups is 1. The maximum Gasteiger partial charge on any atom is 0.433 e. The zero-order valence-electron chi connectivity index (χ0n) is 14.4. The molecule has 0 amide bonds. The van der Waals surface area contributed by atoms with E-state index in [1.54, 1.807) is 0 Å². The van der Waals surface area contributed by atoms with Crippen molar-refractivity contribution in [3.05, 3.63) is 39.3 Å². The van der Waals surface area contributed by atoms with Crippen molar-refractivity contribution in [2.24, 2.45) is 0 Å². The highest BCUT2D eigenvalue weighted by Crippen LogP contribution is 2.41. The molecule has 0 N–H and O–H groups in total. The van der Waals surface area contributed by atoms with Crippen LogP contribution in [-0.2, 0) is 0 Å². The number of rotatable bonds is 7. The van der Waals surface area contributed by atoms with Crippen molar-refractivity contribution in [3.8, 4) is 0 Å². The van der Waals surface area contributed by atoms with Crippen LogP contribution in [0.25, 0.3) is 6.08 Å². The average molecular weight is 383 g/mol. The van der Waals surface area contributed by atoms with Gasteiger partial charge in [0, 0.05) is 12.6 Å². The van der Waals surface area contributed by atoms with Gasteiger partial charge in [0.1, 0.15) is 19.8 Å². The SMILES string of the molecule is CCCCN1C(=S)SC(C)(C)[C@@H]1/[N+]([O-])=C/C=C/c1ccc([N+](=O)[O-])o1. The van der Waals surface area contributed by atoms with E-state index in [1.165, 1.54) is 42.3 Å². The molecule has 1 fully saturated rings. The van der Waals surface area contributed by atoms with E-state index in [-0.39, 0.29) is 10.6 Å². The Balaban J connectivity index is 2.15. The van der Waals surface area contributed by atoms with Crippen LogP contribution >= 0.6 is 24.0 Å². The number of furan rings is 1. The Kier molecular flexibility index (Phi) is 6.23. The summed E-state index contributed by atoms with van der Waals surface area (Å²) in [5.74, 6) is -0.0159. The molecule has 136 valence electrons. The molecule has 0 saturated carbocycles. The maximum absolute atomic E-state index is 12.6. The zero-order chi connectivity index (χ0) is 18.6. The van der Waals surface area contributed by atoms with Crippen molar-refractivity contribution >= 4 is 46.5 Å². The number of nitro groups is 1. The molecule has 1 aliphatic rings. The van der Waals surface area contributed by atoms with E-state index in [4.69, 9.17) is 16.6 Å². The Labute approximate surface area is 156 Å². The molecule has 25 heavy (non-hydrogen) atoms. The fourth-order valence-corrected chi connectivity index (χ4v) is 4.56. The summed E-state index contributed by atoms with van der Waals surface area (Å²) in [6, 6.07) is 2.76. The monoisotopic (exact) mass is 383 g/mol. The average Bonchev–Trinajstić information content (AvgIpc) is 3.07. The Hall–Kier alpha value is -1.87. The van der Waals surface area contributed by atoms with Crippen molar-refractivity contribution in [1.29, 1.82) is 0 Å². The molecule has 0 bridgehead atoms. The first-order valence-electron chi connectivity index (χ1n) is 7.97. The minimum Gasteiger partial charge on any atom is -0.622 e. The van der Waals surface area contributed by atoms with Gasteiger partial charge in [0.25, 0.3) is 6.17 Å². The van der Waals surface area contributed by atoms with Gasteiger partial charge in [0.05, 0.1) is 6.07 Å². The minimum absolute atomic E-state index is 0.315. The van der Waals surface area contributed by atoms with Crippen LogP contribution in [0.2, 0.25) is 0 Å². The van der Waals surface area contributed by atoms with Crippen LogP contribution in [0.4, 0.5) is 5.88 Å². The molecule has 0 aliphatic carbocycles. The van der Waals surface area contributed by atoms with Crippen LogP contribution in [-0.4, -0.2) is 42.6 Å². The van der Waals surface area contributed by atoms with E-state index in [2.05, 4.69) is 6.92 Å². The van der Waals surface area contributed by atoms with E-state index in [1.807, 2.05) is 18.7 Å². The van der Waals surface area contributed by atoms with Gasteiger partial charge in [-0.3, -0.25) is 15.0 Å². The summed E-state index contributed by atoms with van der Waals surface area (Å²) in [7, 11) is 0. The number of hydrogen-bond acceptors (Lipinski definition) is 6. The second kappa shape index (κ2) is 8.01. The van der Waals surface area contributed by atoms with Gasteiger partial charge in [-0.05, 0) is 32.4 Å². The summed E-state index contributed by atoms with van der Waals surface area (Å²) in [5.41, 5.74) is 0. The van der Waals surface area contributed by atoms with Crippen LogP contribution in [0.3, 0.4) is 0 Å². The normalized spacial score (nSPS) is 20.6. The molecule has 7 nitrogen and oxygen atoms in total. The first-order valence-corrected chi connectivity index (χ1v) is 9.19. The molecular weight excluding hydrogens is 362 g/mol. The summed E-state index contributed by atoms with van der Waals surface area (Å²) in [6.45, 7) is 6.84. The number of thiocarbonyl (C=S) groups is 1. The molecule has 2 heterocycles. The molecule has 1 aromatic heterocycles. The molecule has 1 atom stereocenters. The maximum atomic E-state index is 12.6. The van der Waals surface area contributed by atoms with Gasteiger partial charge in [-0.15, -0.1) is 0 Å². The van der Waals surface area contributed by atoms with Gasteiger partial charge in [0.15, 0.2) is 6.21 Å². The van der Waals surface area contributed by atoms with E-state index >= 15 is 0 Å². The first kappa shape index (κ1) is 19.5. The molecular formula is C16H21N3O4S2. The van der Waals surface area contributed by atoms with Crippen LogP contribution in [0.15, 0.2) is 22.6 Å². The van der Waals surface area contributed by atoms with Crippen LogP contribution in [0.1, 0.15) is 39.4 Å². The summed E-state index contributed by atoms with van der Waals surface area (Å²) >= 11 is 6.96. The summed E-state index contributed by atoms with van der Waals surface area (Å²) < 4.78 is 6.31. The van der Waals surface area contributed by atoms with Gasteiger partial charge in [0.2, 0.25) is 0 Å². The van der Waals surface area contributed by atoms with E-state index in [0.717, 1.165) is 28.4 Å². The summed E-state index contributed by atoms with van der Waals surface area (Å²) in [4.78, 5) is 12.0. The van der Waals surface area contributed by atoms with Gasteiger partial charge in [-0.1, -0.05) is 37.3 Å². The fraction of sp³-hybridized carbons (Fsp3) is 0.500. The van der Waals surface area contributed by atoms with E-state index < -0.39 is 11.1 Å². The predicted octanol–water partition coefficient (Wildman–Crippen LogP) is 4.02. The molecule has 1 saturated heterocycles. The Bertz CT molecular complexity index is 712. The Morgan fingerprint density at radius 1 is 1.44 bits per heavy atom. The quantitative estimate of drug-likeness (QED) is 0.175. The predicted molar refractivity (Wildman–Crippen MR) is 104 cm³/mol. The summed E-state index contributed by atoms with van der Waals surface area (Å²) in [5, 5.41) is 23.2. The Morgan fingerprint density at radius 2 is 2.16 bits per heavy atom. The van der Waals surface area contributed by atoms with Crippen molar-refractivity contribution < 1.29 is 14.1 Å². The van der Waals surface area contributed by atoms with Crippen molar-refractivity contribution in [1.82, 2.24) is 4.90 Å². The largest absolute Gasteiger partial charge is 0.622 e. The van der Waals surface area contributed by atoms with E-state index in [9.17, 15) is 15.3 Å². The van der Waals surface area contributed by atoms with Crippen molar-refractivity contribution in [2.75, 3.05) is 6.54 Å². The lowest BCUT2D eigenvalue weighted by atomic mass is 10.1. The van der Waals surface area contributed by atoms with Crippen LogP contribution < -0.4 is 0 Å². The second-order valence-corrected chi connectivity index (χ2v) is 8.48. The van der Waals surface area contributed by atoms with Crippen LogP contribution in [0, 0.1) is 15.3 Å². The molecule has 1 aromatic rings. The second-order valence-electron chi connectivity index (χ2n) is 6.19. The highest BCUT2D eigenvalue weighted by molar-refractivity contribution is 8.24. The third-order valence-electron chi connectivity index (χ3n) is 3.78. The van der Waals surface area contributed by atoms with Crippen molar-refractivity contribution in [2.45, 2.75) is 44.5 Å². The number of nitrogens with zero attached hydrogens (tertiary/aromatic N) is 3. The molecule has 2 rings (SSSR count). The molecule has 9 heteroatoms. The van der Waals surface area contributed by atoms with Crippen LogP contribution in [0.5, 0.6) is 0 Å². The first-order chi connectivity index (χ1) is 11.8. The highest BCUT2D eigenvalue weighted by Gasteiger charge is 2.49. The fourth-order valence-electron chi connectivity index (χ4n) is 2.63. The summed E-state index contributed by atoms with van der Waals surface area (Å²) in [6.07, 6.45) is 6.03. The smallest absolute Gasteiger partial charge is 0.433 e. The highest BCUT2D eigenvalue weighted by atomic mass is 32.2. The topological polar surface area (TPSA) is 85.6 Å². The van der Waals surface area contributed by atoms with Gasteiger partial charge >= 0.3 is 5.88 Å². The lowest BCUT2D eigenvalue weighted by Crippen LogP contribution is -2.48. The number of hydrogen-bond donors (Lipinski definition) is 0. The number of hydroxylamine groups is 1. The zero-order valence-corrected chi connectivity index (χ0v) is 16.0. The van der Waals surface area contributed by atoms with Crippen molar-refractivity contribution in [3.63, 3.8) is 0 Å². The number of allylic oxidation sites excluding steroid dienone is 1. The van der Waals surface area contributed by atoms with Gasteiger partial charge in [-0.25, -0.2) is 0 Å². The van der Waals surface area contributed by atoms with Gasteiger partial charge < -0.3 is 9.62 Å². The lowest BCUT2D eigenvalue weighted by molar-refractivity contribution is -0.523. The molecule has 0 aromatic carbocycles.